The molecule has 0 aliphatic heterocycles. The number of benzene rings is 2. The van der Waals surface area contributed by atoms with E-state index in [1.54, 1.807) is 0 Å². The lowest BCUT2D eigenvalue weighted by molar-refractivity contribution is -0.121. The summed E-state index contributed by atoms with van der Waals surface area (Å²) >= 11 is 2.86. The molecule has 0 saturated carbocycles. The van der Waals surface area contributed by atoms with Gasteiger partial charge in [-0.3, -0.25) is 9.59 Å². The Morgan fingerprint density at radius 1 is 0.786 bits per heavy atom. The van der Waals surface area contributed by atoms with E-state index in [4.69, 9.17) is 0 Å². The van der Waals surface area contributed by atoms with E-state index in [2.05, 4.69) is 20.6 Å². The fourth-order valence-corrected chi connectivity index (χ4v) is 4.72. The molecule has 0 bridgehead atoms. The van der Waals surface area contributed by atoms with Crippen molar-refractivity contribution in [2.75, 3.05) is 10.6 Å². The summed E-state index contributed by atoms with van der Waals surface area (Å²) in [7, 11) is 0. The smallest absolute Gasteiger partial charge is 0.226 e. The maximum Gasteiger partial charge on any atom is 0.226 e. The third-order valence-electron chi connectivity index (χ3n) is 4.16. The topological polar surface area (TPSA) is 84.0 Å². The molecule has 0 saturated heterocycles. The Morgan fingerprint density at radius 3 is 1.64 bits per heavy atom. The lowest BCUT2D eigenvalue weighted by Gasteiger charge is -2.02. The number of aromatic nitrogens is 2. The fraction of sp³-hybridized carbons (Fsp3) is 0.200. The molecule has 2 aromatic heterocycles. The standard InChI is InChI=1S/C20H18N4O2S2/c1-11-3-5-13-15(9-11)27-19(21-13)23-17(25)7-8-18(26)24-20-22-14-6-4-12(2)10-16(14)28-20/h3-6,9-10H,7-8H2,1-2H3,(H,21,23,25)(H,22,24,26). The molecule has 6 nitrogen and oxygen atoms in total. The first-order valence-corrected chi connectivity index (χ1v) is 10.4. The van der Waals surface area contributed by atoms with Crippen molar-refractivity contribution in [3.63, 3.8) is 0 Å². The molecule has 0 aliphatic carbocycles. The van der Waals surface area contributed by atoms with Crippen molar-refractivity contribution >= 4 is 65.2 Å². The Labute approximate surface area is 169 Å². The highest BCUT2D eigenvalue weighted by molar-refractivity contribution is 7.22. The van der Waals surface area contributed by atoms with E-state index in [9.17, 15) is 9.59 Å². The molecular formula is C20H18N4O2S2. The van der Waals surface area contributed by atoms with E-state index < -0.39 is 0 Å². The van der Waals surface area contributed by atoms with Crippen LogP contribution in [0.3, 0.4) is 0 Å². The van der Waals surface area contributed by atoms with Crippen LogP contribution in [-0.2, 0) is 9.59 Å². The number of nitrogens with zero attached hydrogens (tertiary/aromatic N) is 2. The first kappa shape index (κ1) is 18.5. The average Bonchev–Trinajstić information content (AvgIpc) is 3.21. The quantitative estimate of drug-likeness (QED) is 0.491. The maximum absolute atomic E-state index is 12.2. The molecule has 2 N–H and O–H groups in total. The zero-order valence-corrected chi connectivity index (χ0v) is 17.0. The van der Waals surface area contributed by atoms with Gasteiger partial charge in [0.15, 0.2) is 10.3 Å². The highest BCUT2D eigenvalue weighted by atomic mass is 32.1. The minimum Gasteiger partial charge on any atom is -0.302 e. The highest BCUT2D eigenvalue weighted by Gasteiger charge is 2.12. The van der Waals surface area contributed by atoms with Crippen molar-refractivity contribution in [1.29, 1.82) is 0 Å². The molecule has 0 atom stereocenters. The molecule has 2 amide bonds. The monoisotopic (exact) mass is 410 g/mol. The molecule has 0 radical (unpaired) electrons. The van der Waals surface area contributed by atoms with Crippen molar-refractivity contribution in [1.82, 2.24) is 9.97 Å². The number of aryl methyl sites for hydroxylation is 2. The Kier molecular flexibility index (Phi) is 5.06. The summed E-state index contributed by atoms with van der Waals surface area (Å²) in [6.45, 7) is 4.03. The molecule has 4 aromatic rings. The Morgan fingerprint density at radius 2 is 1.21 bits per heavy atom. The van der Waals surface area contributed by atoms with Crippen molar-refractivity contribution in [2.24, 2.45) is 0 Å². The molecule has 0 aliphatic rings. The Bertz CT molecular complexity index is 1100. The summed E-state index contributed by atoms with van der Waals surface area (Å²) in [5.41, 5.74) is 4.01. The van der Waals surface area contributed by atoms with Crippen molar-refractivity contribution in [3.8, 4) is 0 Å². The summed E-state index contributed by atoms with van der Waals surface area (Å²) in [6, 6.07) is 11.9. The second kappa shape index (κ2) is 7.65. The van der Waals surface area contributed by atoms with E-state index in [0.717, 1.165) is 31.6 Å². The van der Waals surface area contributed by atoms with Gasteiger partial charge < -0.3 is 10.6 Å². The van der Waals surface area contributed by atoms with Gasteiger partial charge in [-0.2, -0.15) is 0 Å². The third-order valence-corrected chi connectivity index (χ3v) is 6.03. The van der Waals surface area contributed by atoms with E-state index >= 15 is 0 Å². The van der Waals surface area contributed by atoms with Crippen molar-refractivity contribution < 1.29 is 9.59 Å². The minimum atomic E-state index is -0.231. The van der Waals surface area contributed by atoms with Crippen LogP contribution in [0.5, 0.6) is 0 Å². The summed E-state index contributed by atoms with van der Waals surface area (Å²) < 4.78 is 2.05. The molecule has 4 rings (SSSR count). The zero-order valence-electron chi connectivity index (χ0n) is 15.4. The van der Waals surface area contributed by atoms with Gasteiger partial charge in [0.25, 0.3) is 0 Å². The van der Waals surface area contributed by atoms with Gasteiger partial charge in [-0.15, -0.1) is 0 Å². The molecule has 2 aromatic carbocycles. The van der Waals surface area contributed by atoms with Crippen LogP contribution >= 0.6 is 22.7 Å². The van der Waals surface area contributed by atoms with Crippen LogP contribution in [0.1, 0.15) is 24.0 Å². The second-order valence-electron chi connectivity index (χ2n) is 6.58. The molecule has 2 heterocycles. The Balaban J connectivity index is 1.32. The van der Waals surface area contributed by atoms with Gasteiger partial charge in [0.1, 0.15) is 0 Å². The lowest BCUT2D eigenvalue weighted by Crippen LogP contribution is -2.17. The first-order chi connectivity index (χ1) is 13.5. The van der Waals surface area contributed by atoms with Crippen LogP contribution in [0.4, 0.5) is 10.3 Å². The van der Waals surface area contributed by atoms with Crippen LogP contribution in [-0.4, -0.2) is 21.8 Å². The normalized spacial score (nSPS) is 11.1. The number of amides is 2. The van der Waals surface area contributed by atoms with E-state index in [1.807, 2.05) is 50.2 Å². The van der Waals surface area contributed by atoms with Crippen LogP contribution < -0.4 is 10.6 Å². The van der Waals surface area contributed by atoms with E-state index in [-0.39, 0.29) is 24.7 Å². The summed E-state index contributed by atoms with van der Waals surface area (Å²) in [5, 5.41) is 6.64. The maximum atomic E-state index is 12.2. The first-order valence-electron chi connectivity index (χ1n) is 8.80. The molecule has 142 valence electrons. The number of thiazole rings is 2. The largest absolute Gasteiger partial charge is 0.302 e. The van der Waals surface area contributed by atoms with Gasteiger partial charge in [-0.25, -0.2) is 9.97 Å². The van der Waals surface area contributed by atoms with Gasteiger partial charge in [-0.05, 0) is 49.2 Å². The third kappa shape index (κ3) is 4.18. The van der Waals surface area contributed by atoms with Crippen LogP contribution in [0.2, 0.25) is 0 Å². The molecule has 0 fully saturated rings. The molecule has 0 unspecified atom stereocenters. The second-order valence-corrected chi connectivity index (χ2v) is 8.64. The molecule has 0 spiro atoms. The van der Waals surface area contributed by atoms with Gasteiger partial charge in [0.2, 0.25) is 11.8 Å². The average molecular weight is 411 g/mol. The van der Waals surface area contributed by atoms with Gasteiger partial charge in [-0.1, -0.05) is 34.8 Å². The Hall–Kier alpha value is -2.84. The molecule has 8 heteroatoms. The van der Waals surface area contributed by atoms with Gasteiger partial charge in [0.05, 0.1) is 20.4 Å². The number of nitrogens with one attached hydrogen (secondary N) is 2. The molecular weight excluding hydrogens is 392 g/mol. The number of fused-ring (bicyclic) bond motifs is 2. The highest BCUT2D eigenvalue weighted by Crippen LogP contribution is 2.28. The van der Waals surface area contributed by atoms with Crippen molar-refractivity contribution in [2.45, 2.75) is 26.7 Å². The minimum absolute atomic E-state index is 0.0881. The van der Waals surface area contributed by atoms with Crippen LogP contribution in [0.25, 0.3) is 20.4 Å². The number of carbonyl (C=O) groups excluding carboxylic acids is 2. The summed E-state index contributed by atoms with van der Waals surface area (Å²) in [5.74, 6) is -0.461. The van der Waals surface area contributed by atoms with Crippen LogP contribution in [0.15, 0.2) is 36.4 Å². The number of rotatable bonds is 5. The zero-order chi connectivity index (χ0) is 19.7. The molecule has 28 heavy (non-hydrogen) atoms. The predicted molar refractivity (Wildman–Crippen MR) is 115 cm³/mol. The van der Waals surface area contributed by atoms with Gasteiger partial charge in [0, 0.05) is 12.8 Å². The number of hydrogen-bond donors (Lipinski definition) is 2. The predicted octanol–water partition coefficient (Wildman–Crippen LogP) is 4.88. The van der Waals surface area contributed by atoms with E-state index in [1.165, 1.54) is 22.7 Å². The SMILES string of the molecule is Cc1ccc2nc(NC(=O)CCC(=O)Nc3nc4ccc(C)cc4s3)sc2c1. The van der Waals surface area contributed by atoms with Crippen molar-refractivity contribution in [3.05, 3.63) is 47.5 Å². The van der Waals surface area contributed by atoms with Gasteiger partial charge >= 0.3 is 0 Å². The van der Waals surface area contributed by atoms with E-state index in [0.29, 0.717) is 10.3 Å². The number of carbonyl (C=O) groups is 2. The fourth-order valence-electron chi connectivity index (χ4n) is 2.76. The lowest BCUT2D eigenvalue weighted by atomic mass is 10.2. The summed E-state index contributed by atoms with van der Waals surface area (Å²) in [6.07, 6.45) is 0.176. The summed E-state index contributed by atoms with van der Waals surface area (Å²) in [4.78, 5) is 33.1. The number of anilines is 2. The number of hydrogen-bond acceptors (Lipinski definition) is 6. The van der Waals surface area contributed by atoms with Crippen LogP contribution in [0, 0.1) is 13.8 Å².